The number of halogens is 2. The van der Waals surface area contributed by atoms with Gasteiger partial charge in [-0.25, -0.2) is 9.82 Å². The summed E-state index contributed by atoms with van der Waals surface area (Å²) in [6.07, 6.45) is 3.46. The largest absolute Gasteiger partial charge is 0.507 e. The lowest BCUT2D eigenvalue weighted by molar-refractivity contribution is 0.0954. The number of anilines is 1. The number of nitrogens with zero attached hydrogens (tertiary/aromatic N) is 2. The molecule has 0 unspecified atom stereocenters. The van der Waals surface area contributed by atoms with Crippen molar-refractivity contribution < 1.29 is 14.3 Å². The van der Waals surface area contributed by atoms with Gasteiger partial charge in [0.25, 0.3) is 5.91 Å². The molecular weight excluding hydrogens is 484 g/mol. The Labute approximate surface area is 183 Å². The topological polar surface area (TPSA) is 64.9 Å². The lowest BCUT2D eigenvalue weighted by Crippen LogP contribution is -2.45. The van der Waals surface area contributed by atoms with Crippen LogP contribution in [0.5, 0.6) is 5.75 Å². The maximum atomic E-state index is 14.7. The highest BCUT2D eigenvalue weighted by Gasteiger charge is 2.30. The summed E-state index contributed by atoms with van der Waals surface area (Å²) < 4.78 is 15.4. The number of carbonyl (C=O) groups is 1. The minimum absolute atomic E-state index is 0.0219. The van der Waals surface area contributed by atoms with Gasteiger partial charge in [0.05, 0.1) is 15.3 Å². The Hall–Kier alpha value is -2.42. The lowest BCUT2D eigenvalue weighted by atomic mass is 9.88. The fraction of sp³-hybridized carbons (Fsp3) is 0.273. The molecule has 2 aromatic rings. The Balaban J connectivity index is 1.84. The average Bonchev–Trinajstić information content (AvgIpc) is 2.64. The number of amides is 1. The number of nitrogens with one attached hydrogen (secondary N) is 1. The van der Waals surface area contributed by atoms with Gasteiger partial charge in [0.2, 0.25) is 0 Å². The fourth-order valence-electron chi connectivity index (χ4n) is 3.67. The summed E-state index contributed by atoms with van der Waals surface area (Å²) >= 11 is 1.97. The monoisotopic (exact) mass is 507 g/mol. The van der Waals surface area contributed by atoms with Crippen LogP contribution < -0.4 is 10.3 Å². The molecule has 1 amide bonds. The van der Waals surface area contributed by atoms with Crippen LogP contribution in [0.3, 0.4) is 0 Å². The van der Waals surface area contributed by atoms with E-state index in [-0.39, 0.29) is 22.4 Å². The lowest BCUT2D eigenvalue weighted by Gasteiger charge is -2.42. The van der Waals surface area contributed by atoms with Gasteiger partial charge < -0.3 is 10.0 Å². The van der Waals surface area contributed by atoms with E-state index >= 15 is 0 Å². The van der Waals surface area contributed by atoms with E-state index in [2.05, 4.69) is 35.4 Å². The Morgan fingerprint density at radius 1 is 1.34 bits per heavy atom. The maximum absolute atomic E-state index is 14.7. The SMILES string of the molecule is CCN1c2cc(F)c(/C=N\NC(=O)c3ccc(I)c(O)c3)cc2C(C)=CC1(C)C. The molecule has 152 valence electrons. The van der Waals surface area contributed by atoms with Crippen LogP contribution in [-0.2, 0) is 0 Å². The second-order valence-electron chi connectivity index (χ2n) is 7.48. The molecule has 1 aliphatic heterocycles. The molecule has 1 heterocycles. The Kier molecular flexibility index (Phi) is 5.97. The molecule has 0 atom stereocenters. The van der Waals surface area contributed by atoms with Crippen molar-refractivity contribution in [2.45, 2.75) is 33.2 Å². The molecule has 2 aromatic carbocycles. The number of phenols is 1. The predicted molar refractivity (Wildman–Crippen MR) is 123 cm³/mol. The van der Waals surface area contributed by atoms with Gasteiger partial charge in [-0.3, -0.25) is 4.79 Å². The summed E-state index contributed by atoms with van der Waals surface area (Å²) in [7, 11) is 0. The molecule has 0 saturated carbocycles. The summed E-state index contributed by atoms with van der Waals surface area (Å²) in [5.41, 5.74) is 5.61. The predicted octanol–water partition coefficient (Wildman–Crippen LogP) is 4.92. The fourth-order valence-corrected chi connectivity index (χ4v) is 4.01. The van der Waals surface area contributed by atoms with Crippen LogP contribution in [0.15, 0.2) is 41.5 Å². The standard InChI is InChI=1S/C22H23FIN3O2/c1-5-27-19-10-17(23)15(8-16(19)13(2)11-22(27,3)4)12-25-26-21(29)14-6-7-18(24)20(28)9-14/h6-12,28H,5H2,1-4H3,(H,26,29)/b25-12-. The molecule has 0 bridgehead atoms. The van der Waals surface area contributed by atoms with E-state index in [1.165, 1.54) is 18.3 Å². The summed E-state index contributed by atoms with van der Waals surface area (Å²) in [4.78, 5) is 14.3. The number of aromatic hydroxyl groups is 1. The van der Waals surface area contributed by atoms with Gasteiger partial charge in [-0.15, -0.1) is 0 Å². The van der Waals surface area contributed by atoms with E-state index < -0.39 is 11.7 Å². The van der Waals surface area contributed by atoms with Crippen molar-refractivity contribution in [2.24, 2.45) is 5.10 Å². The number of rotatable bonds is 4. The summed E-state index contributed by atoms with van der Waals surface area (Å²) in [5.74, 6) is -0.868. The van der Waals surface area contributed by atoms with Crippen LogP contribution >= 0.6 is 22.6 Å². The summed E-state index contributed by atoms with van der Waals surface area (Å²) in [5, 5.41) is 13.6. The first-order valence-electron chi connectivity index (χ1n) is 9.27. The Morgan fingerprint density at radius 2 is 2.07 bits per heavy atom. The Bertz CT molecular complexity index is 1030. The van der Waals surface area contributed by atoms with Crippen LogP contribution in [0, 0.1) is 9.39 Å². The number of fused-ring (bicyclic) bond motifs is 1. The van der Waals surface area contributed by atoms with E-state index in [4.69, 9.17) is 0 Å². The third kappa shape index (κ3) is 4.29. The minimum atomic E-state index is -0.485. The zero-order valence-electron chi connectivity index (χ0n) is 16.8. The minimum Gasteiger partial charge on any atom is -0.507 e. The van der Waals surface area contributed by atoms with Gasteiger partial charge in [0.15, 0.2) is 0 Å². The number of hydrazone groups is 1. The van der Waals surface area contributed by atoms with Gasteiger partial charge in [-0.1, -0.05) is 6.08 Å². The van der Waals surface area contributed by atoms with Crippen LogP contribution in [0.2, 0.25) is 0 Å². The number of hydrogen-bond donors (Lipinski definition) is 2. The normalized spacial score (nSPS) is 15.2. The van der Waals surface area contributed by atoms with E-state index in [1.54, 1.807) is 18.2 Å². The molecule has 3 rings (SSSR count). The quantitative estimate of drug-likeness (QED) is 0.351. The van der Waals surface area contributed by atoms with Crippen LogP contribution in [0.25, 0.3) is 5.57 Å². The third-order valence-electron chi connectivity index (χ3n) is 4.99. The van der Waals surface area contributed by atoms with Crippen molar-refractivity contribution in [2.75, 3.05) is 11.4 Å². The van der Waals surface area contributed by atoms with Gasteiger partial charge >= 0.3 is 0 Å². The van der Waals surface area contributed by atoms with Crippen molar-refractivity contribution in [3.8, 4) is 5.75 Å². The summed E-state index contributed by atoms with van der Waals surface area (Å²) in [6.45, 7) is 9.03. The van der Waals surface area contributed by atoms with E-state index in [1.807, 2.05) is 36.4 Å². The number of likely N-dealkylation sites (N-methyl/N-ethyl adjacent to an activating group) is 1. The third-order valence-corrected chi connectivity index (χ3v) is 5.90. The van der Waals surface area contributed by atoms with Gasteiger partial charge in [-0.05, 0) is 86.2 Å². The van der Waals surface area contributed by atoms with Crippen molar-refractivity contribution in [1.29, 1.82) is 0 Å². The zero-order valence-corrected chi connectivity index (χ0v) is 18.9. The molecule has 7 heteroatoms. The average molecular weight is 507 g/mol. The first kappa shape index (κ1) is 21.3. The van der Waals surface area contributed by atoms with Gasteiger partial charge in [0.1, 0.15) is 11.6 Å². The second kappa shape index (κ2) is 8.14. The highest BCUT2D eigenvalue weighted by Crippen LogP contribution is 2.39. The molecule has 0 aromatic heterocycles. The molecule has 29 heavy (non-hydrogen) atoms. The van der Waals surface area contributed by atoms with E-state index in [0.717, 1.165) is 23.4 Å². The molecular formula is C22H23FIN3O2. The van der Waals surface area contributed by atoms with Gasteiger partial charge in [0, 0.05) is 28.9 Å². The van der Waals surface area contributed by atoms with Crippen LogP contribution in [-0.4, -0.2) is 29.3 Å². The zero-order chi connectivity index (χ0) is 21.3. The molecule has 1 aliphatic rings. The number of phenolic OH excluding ortho intramolecular Hbond substituents is 1. The highest BCUT2D eigenvalue weighted by atomic mass is 127. The first-order valence-corrected chi connectivity index (χ1v) is 10.3. The van der Waals surface area contributed by atoms with Crippen molar-refractivity contribution >= 4 is 46.0 Å². The molecule has 5 nitrogen and oxygen atoms in total. The Morgan fingerprint density at radius 3 is 2.72 bits per heavy atom. The first-order chi connectivity index (χ1) is 13.6. The number of benzene rings is 2. The smallest absolute Gasteiger partial charge is 0.271 e. The molecule has 0 fully saturated rings. The molecule has 2 N–H and O–H groups in total. The van der Waals surface area contributed by atoms with Crippen molar-refractivity contribution in [3.63, 3.8) is 0 Å². The number of allylic oxidation sites excluding steroid dienone is 1. The van der Waals surface area contributed by atoms with E-state index in [9.17, 15) is 14.3 Å². The summed E-state index contributed by atoms with van der Waals surface area (Å²) in [6, 6.07) is 7.86. The van der Waals surface area contributed by atoms with Crippen LogP contribution in [0.1, 0.15) is 49.2 Å². The van der Waals surface area contributed by atoms with Crippen LogP contribution in [0.4, 0.5) is 10.1 Å². The van der Waals surface area contributed by atoms with Crippen molar-refractivity contribution in [3.05, 3.63) is 62.5 Å². The van der Waals surface area contributed by atoms with Crippen molar-refractivity contribution in [1.82, 2.24) is 5.43 Å². The van der Waals surface area contributed by atoms with E-state index in [0.29, 0.717) is 3.57 Å². The maximum Gasteiger partial charge on any atom is 0.271 e. The molecule has 0 saturated heterocycles. The van der Waals surface area contributed by atoms with Gasteiger partial charge in [-0.2, -0.15) is 5.10 Å². The molecule has 0 radical (unpaired) electrons. The molecule has 0 spiro atoms. The second-order valence-corrected chi connectivity index (χ2v) is 8.64. The number of carbonyl (C=O) groups excluding carboxylic acids is 1. The molecule has 0 aliphatic carbocycles. The number of hydrogen-bond acceptors (Lipinski definition) is 4. The highest BCUT2D eigenvalue weighted by molar-refractivity contribution is 14.1.